The Hall–Kier alpha value is -4.03. The molecular formula is C20H14F5N7O. The summed E-state index contributed by atoms with van der Waals surface area (Å²) in [5.41, 5.74) is 6.00. The summed E-state index contributed by atoms with van der Waals surface area (Å²) < 4.78 is 72.5. The average molecular weight is 463 g/mol. The zero-order chi connectivity index (χ0) is 23.3. The van der Waals surface area contributed by atoms with Gasteiger partial charge in [-0.15, -0.1) is 0 Å². The van der Waals surface area contributed by atoms with Crippen LogP contribution >= 0.6 is 0 Å². The van der Waals surface area contributed by atoms with Crippen molar-refractivity contribution in [1.82, 2.24) is 24.5 Å². The molecule has 1 aliphatic rings. The fourth-order valence-electron chi connectivity index (χ4n) is 3.38. The smallest absolute Gasteiger partial charge is 0.387 e. The summed E-state index contributed by atoms with van der Waals surface area (Å²) in [5.74, 6) is -3.20. The van der Waals surface area contributed by atoms with Crippen LogP contribution in [0.25, 0.3) is 17.0 Å². The molecule has 0 amide bonds. The first-order valence-electron chi connectivity index (χ1n) is 9.69. The van der Waals surface area contributed by atoms with Gasteiger partial charge in [0.2, 0.25) is 17.8 Å². The maximum absolute atomic E-state index is 14.3. The number of anilines is 3. The molecule has 0 unspecified atom stereocenters. The predicted molar refractivity (Wildman–Crippen MR) is 107 cm³/mol. The van der Waals surface area contributed by atoms with Crippen LogP contribution in [0.5, 0.6) is 5.75 Å². The lowest BCUT2D eigenvalue weighted by Gasteiger charge is -2.11. The molecule has 2 aromatic heterocycles. The average Bonchev–Trinajstić information content (AvgIpc) is 3.50. The van der Waals surface area contributed by atoms with Gasteiger partial charge in [0.25, 0.3) is 0 Å². The van der Waals surface area contributed by atoms with Crippen LogP contribution < -0.4 is 15.8 Å². The van der Waals surface area contributed by atoms with E-state index in [4.69, 9.17) is 5.73 Å². The van der Waals surface area contributed by atoms with Gasteiger partial charge in [-0.2, -0.15) is 23.7 Å². The molecule has 0 atom stereocenters. The summed E-state index contributed by atoms with van der Waals surface area (Å²) in [6, 6.07) is 5.04. The lowest BCUT2D eigenvalue weighted by molar-refractivity contribution is -0.0521. The third-order valence-corrected chi connectivity index (χ3v) is 4.89. The van der Waals surface area contributed by atoms with Gasteiger partial charge in [0, 0.05) is 29.8 Å². The molecule has 3 N–H and O–H groups in total. The lowest BCUT2D eigenvalue weighted by atomic mass is 10.3. The van der Waals surface area contributed by atoms with Crippen LogP contribution in [0.2, 0.25) is 0 Å². The quantitative estimate of drug-likeness (QED) is 0.408. The SMILES string of the molecule is Nc1nc(Nc2ccc(OC(F)F)c(F)c2)nc(-n2c(C3CC3)nc3c(F)cc(F)cc32)n1. The predicted octanol–water partition coefficient (Wildman–Crippen LogP) is 4.43. The van der Waals surface area contributed by atoms with Crippen molar-refractivity contribution in [3.05, 3.63) is 53.6 Å². The summed E-state index contributed by atoms with van der Waals surface area (Å²) in [4.78, 5) is 16.6. The molecule has 2 aromatic carbocycles. The number of nitrogen functional groups attached to an aromatic ring is 1. The summed E-state index contributed by atoms with van der Waals surface area (Å²) in [6.45, 7) is -3.18. The number of hydrogen-bond acceptors (Lipinski definition) is 7. The molecular weight excluding hydrogens is 449 g/mol. The zero-order valence-electron chi connectivity index (χ0n) is 16.6. The van der Waals surface area contributed by atoms with Crippen LogP contribution in [0.4, 0.5) is 39.5 Å². The zero-order valence-corrected chi connectivity index (χ0v) is 16.6. The Morgan fingerprint density at radius 1 is 1.00 bits per heavy atom. The summed E-state index contributed by atoms with van der Waals surface area (Å²) in [7, 11) is 0. The van der Waals surface area contributed by atoms with Crippen molar-refractivity contribution in [3.8, 4) is 11.7 Å². The number of benzene rings is 2. The molecule has 0 spiro atoms. The molecule has 0 bridgehead atoms. The topological polar surface area (TPSA) is 104 Å². The fourth-order valence-corrected chi connectivity index (χ4v) is 3.38. The molecule has 4 aromatic rings. The number of imidazole rings is 1. The Morgan fingerprint density at radius 3 is 2.48 bits per heavy atom. The first-order chi connectivity index (χ1) is 15.8. The number of rotatable bonds is 6. The van der Waals surface area contributed by atoms with E-state index in [0.29, 0.717) is 5.82 Å². The Balaban J connectivity index is 1.56. The maximum atomic E-state index is 14.3. The minimum absolute atomic E-state index is 0.0192. The highest BCUT2D eigenvalue weighted by molar-refractivity contribution is 5.79. The molecule has 8 nitrogen and oxygen atoms in total. The van der Waals surface area contributed by atoms with Crippen molar-refractivity contribution in [2.24, 2.45) is 0 Å². The van der Waals surface area contributed by atoms with E-state index in [1.165, 1.54) is 10.6 Å². The number of nitrogens with two attached hydrogens (primary N) is 1. The van der Waals surface area contributed by atoms with Crippen molar-refractivity contribution < 1.29 is 26.7 Å². The largest absolute Gasteiger partial charge is 0.432 e. The molecule has 1 aliphatic carbocycles. The van der Waals surface area contributed by atoms with Crippen LogP contribution in [0.15, 0.2) is 30.3 Å². The number of hydrogen-bond donors (Lipinski definition) is 2. The van der Waals surface area contributed by atoms with Gasteiger partial charge in [0.1, 0.15) is 17.2 Å². The maximum Gasteiger partial charge on any atom is 0.387 e. The molecule has 33 heavy (non-hydrogen) atoms. The molecule has 2 heterocycles. The Kier molecular flexibility index (Phi) is 4.95. The van der Waals surface area contributed by atoms with E-state index < -0.39 is 29.8 Å². The van der Waals surface area contributed by atoms with Crippen molar-refractivity contribution >= 4 is 28.6 Å². The van der Waals surface area contributed by atoms with E-state index in [9.17, 15) is 22.0 Å². The van der Waals surface area contributed by atoms with E-state index in [0.717, 1.165) is 37.1 Å². The number of aromatic nitrogens is 5. The number of nitrogens with zero attached hydrogens (tertiary/aromatic N) is 5. The molecule has 5 rings (SSSR count). The number of fused-ring (bicyclic) bond motifs is 1. The molecule has 170 valence electrons. The van der Waals surface area contributed by atoms with Gasteiger partial charge in [-0.05, 0) is 25.0 Å². The van der Waals surface area contributed by atoms with Crippen LogP contribution in [-0.4, -0.2) is 31.1 Å². The minimum Gasteiger partial charge on any atom is -0.432 e. The second kappa shape index (κ2) is 7.83. The highest BCUT2D eigenvalue weighted by atomic mass is 19.3. The Labute approximate surface area is 182 Å². The molecule has 1 fully saturated rings. The van der Waals surface area contributed by atoms with E-state index in [1.54, 1.807) is 0 Å². The first-order valence-corrected chi connectivity index (χ1v) is 9.69. The summed E-state index contributed by atoms with van der Waals surface area (Å²) in [5, 5.41) is 2.70. The first kappa shape index (κ1) is 20.8. The second-order valence-electron chi connectivity index (χ2n) is 7.30. The van der Waals surface area contributed by atoms with Crippen molar-refractivity contribution in [1.29, 1.82) is 0 Å². The number of alkyl halides is 2. The number of ether oxygens (including phenoxy) is 1. The van der Waals surface area contributed by atoms with Gasteiger partial charge in [-0.1, -0.05) is 0 Å². The van der Waals surface area contributed by atoms with E-state index in [1.807, 2.05) is 0 Å². The van der Waals surface area contributed by atoms with E-state index >= 15 is 0 Å². The highest BCUT2D eigenvalue weighted by Gasteiger charge is 2.32. The van der Waals surface area contributed by atoms with Crippen LogP contribution in [-0.2, 0) is 0 Å². The van der Waals surface area contributed by atoms with Gasteiger partial charge in [-0.25, -0.2) is 18.2 Å². The van der Waals surface area contributed by atoms with Crippen molar-refractivity contribution in [2.45, 2.75) is 25.4 Å². The van der Waals surface area contributed by atoms with Crippen molar-refractivity contribution in [2.75, 3.05) is 11.1 Å². The standard InChI is InChI=1S/C20H14F5N7O/c21-9-5-12(23)15-13(6-9)32(16(28-15)8-1-2-8)20-30-18(26)29-19(31-20)27-10-3-4-14(11(22)7-10)33-17(24)25/h3-8,17H,1-2H2,(H3,26,27,29,30,31). The molecule has 1 saturated carbocycles. The van der Waals surface area contributed by atoms with E-state index in [2.05, 4.69) is 30.0 Å². The molecule has 0 saturated heterocycles. The van der Waals surface area contributed by atoms with Gasteiger partial charge in [0.05, 0.1) is 5.52 Å². The minimum atomic E-state index is -3.18. The van der Waals surface area contributed by atoms with Gasteiger partial charge >= 0.3 is 6.61 Å². The number of nitrogens with one attached hydrogen (secondary N) is 1. The Morgan fingerprint density at radius 2 is 1.79 bits per heavy atom. The molecule has 13 heteroatoms. The molecule has 0 radical (unpaired) electrons. The van der Waals surface area contributed by atoms with Crippen LogP contribution in [0.3, 0.4) is 0 Å². The third kappa shape index (κ3) is 4.08. The van der Waals surface area contributed by atoms with Gasteiger partial charge in [0.15, 0.2) is 17.4 Å². The van der Waals surface area contributed by atoms with Gasteiger partial charge in [-0.3, -0.25) is 4.57 Å². The highest BCUT2D eigenvalue weighted by Crippen LogP contribution is 2.42. The number of halogens is 5. The summed E-state index contributed by atoms with van der Waals surface area (Å²) in [6.07, 6.45) is 1.62. The monoisotopic (exact) mass is 463 g/mol. The fraction of sp³-hybridized carbons (Fsp3) is 0.200. The lowest BCUT2D eigenvalue weighted by Crippen LogP contribution is -2.11. The third-order valence-electron chi connectivity index (χ3n) is 4.89. The summed E-state index contributed by atoms with van der Waals surface area (Å²) >= 11 is 0. The Bertz CT molecular complexity index is 1370. The van der Waals surface area contributed by atoms with Crippen LogP contribution in [0, 0.1) is 17.5 Å². The normalized spacial score (nSPS) is 13.6. The van der Waals surface area contributed by atoms with Gasteiger partial charge < -0.3 is 15.8 Å². The van der Waals surface area contributed by atoms with Crippen LogP contribution in [0.1, 0.15) is 24.6 Å². The molecule has 0 aliphatic heterocycles. The van der Waals surface area contributed by atoms with E-state index in [-0.39, 0.29) is 40.5 Å². The second-order valence-corrected chi connectivity index (χ2v) is 7.30. The van der Waals surface area contributed by atoms with Crippen molar-refractivity contribution in [3.63, 3.8) is 0 Å².